The quantitative estimate of drug-likeness (QED) is 0.142. The molecule has 0 spiro atoms. The molecule has 0 amide bonds. The predicted octanol–water partition coefficient (Wildman–Crippen LogP) is 21.7. The highest BCUT2D eigenvalue weighted by Gasteiger charge is 2.22. The molecule has 112 heavy (non-hydrogen) atoms. The molecular weight excluding hydrogens is 1360 g/mol. The smallest absolute Gasteiger partial charge is 0.201 e. The molecule has 14 rings (SSSR count). The van der Waals surface area contributed by atoms with Crippen molar-refractivity contribution in [2.24, 2.45) is 49.3 Å². The minimum atomic E-state index is -2.04. The molecule has 0 saturated heterocycles. The zero-order chi connectivity index (χ0) is 84.4. The van der Waals surface area contributed by atoms with Crippen LogP contribution in [0.1, 0.15) is 121 Å². The minimum absolute atomic E-state index is 0.394. The van der Waals surface area contributed by atoms with E-state index in [0.29, 0.717) is 5.56 Å². The van der Waals surface area contributed by atoms with Crippen LogP contribution in [0.15, 0.2) is 256 Å². The molecule has 0 fully saturated rings. The van der Waals surface area contributed by atoms with Crippen LogP contribution < -0.4 is 32.0 Å². The van der Waals surface area contributed by atoms with Crippen molar-refractivity contribution in [2.75, 3.05) is 0 Å². The molecule has 0 aliphatic carbocycles. The van der Waals surface area contributed by atoms with Gasteiger partial charge in [0.2, 0.25) is 39.9 Å². The molecular formula is C105H126N7+7. The second-order valence-corrected chi connectivity index (χ2v) is 30.8. The lowest BCUT2D eigenvalue weighted by Crippen LogP contribution is -2.31. The maximum atomic E-state index is 7.46. The Morgan fingerprint density at radius 3 is 0.705 bits per heavy atom. The fourth-order valence-electron chi connectivity index (χ4n) is 15.2. The van der Waals surface area contributed by atoms with E-state index in [9.17, 15) is 0 Å². The molecule has 0 unspecified atom stereocenters. The fourth-order valence-corrected chi connectivity index (χ4v) is 15.2. The first-order valence-corrected chi connectivity index (χ1v) is 39.1. The standard InChI is InChI=1S/7C15H18N/c2*1-11-7-5-9-14(13(11)3)15-12(2)8-6-10-16(15)4;1-11-7-5-8-12(2)14(11)15-13(3)9-6-10-16(15)4;2*1-11-7-8-12(2)14(10-11)15-13(3)6-5-9-16(15)4;2*1-11-7-8-14(13(3)10-11)15-12(2)6-5-9-16(15)4/h7*5-10H,1-4H3/q7*+1/i;;;;;1D3;. The normalized spacial score (nSPS) is 11.0. The van der Waals surface area contributed by atoms with Gasteiger partial charge in [0, 0.05) is 119 Å². The van der Waals surface area contributed by atoms with Gasteiger partial charge in [-0.3, -0.25) is 0 Å². The summed E-state index contributed by atoms with van der Waals surface area (Å²) in [6.07, 6.45) is 14.6. The van der Waals surface area contributed by atoms with Gasteiger partial charge < -0.3 is 0 Å². The third-order valence-corrected chi connectivity index (χ3v) is 21.5. The highest BCUT2D eigenvalue weighted by molar-refractivity contribution is 5.71. The summed E-state index contributed by atoms with van der Waals surface area (Å²) in [5.74, 6) is 0. The van der Waals surface area contributed by atoms with Gasteiger partial charge in [-0.25, -0.2) is 32.0 Å². The molecule has 7 nitrogen and oxygen atoms in total. The summed E-state index contributed by atoms with van der Waals surface area (Å²) in [7, 11) is 14.6. The third kappa shape index (κ3) is 21.6. The van der Waals surface area contributed by atoms with E-state index in [2.05, 4.69) is 431 Å². The average Bonchev–Trinajstić information content (AvgIpc) is 0.891. The predicted molar refractivity (Wildman–Crippen MR) is 471 cm³/mol. The molecule has 7 heterocycles. The van der Waals surface area contributed by atoms with Crippen molar-refractivity contribution in [2.45, 2.75) is 145 Å². The van der Waals surface area contributed by atoms with E-state index in [0.717, 1.165) is 16.8 Å². The molecule has 0 atom stereocenters. The molecule has 7 heteroatoms. The van der Waals surface area contributed by atoms with Gasteiger partial charge in [0.05, 0.1) is 5.56 Å². The first-order valence-electron chi connectivity index (χ1n) is 40.6. The summed E-state index contributed by atoms with van der Waals surface area (Å²) in [5.41, 5.74) is 44.6. The Morgan fingerprint density at radius 1 is 0.179 bits per heavy atom. The van der Waals surface area contributed by atoms with Crippen molar-refractivity contribution < 1.29 is 36.1 Å². The van der Waals surface area contributed by atoms with Gasteiger partial charge in [-0.2, -0.15) is 0 Å². The molecule has 14 aromatic rings. The van der Waals surface area contributed by atoms with E-state index in [-0.39, 0.29) is 0 Å². The van der Waals surface area contributed by atoms with Crippen molar-refractivity contribution in [1.82, 2.24) is 0 Å². The van der Waals surface area contributed by atoms with Crippen LogP contribution in [0.2, 0.25) is 0 Å². The minimum Gasteiger partial charge on any atom is -0.201 e. The Labute approximate surface area is 678 Å². The summed E-state index contributed by atoms with van der Waals surface area (Å²) in [6.45, 7) is 40.9. The number of aryl methyl sites for hydroxylation is 26. The van der Waals surface area contributed by atoms with Crippen LogP contribution in [0.25, 0.3) is 78.8 Å². The number of hydrogen-bond donors (Lipinski definition) is 0. The van der Waals surface area contributed by atoms with Gasteiger partial charge in [0.1, 0.15) is 49.3 Å². The summed E-state index contributed by atoms with van der Waals surface area (Å²) >= 11 is 0. The average molecular weight is 1490 g/mol. The molecule has 0 aliphatic heterocycles. The molecule has 7 aromatic carbocycles. The SMILES string of the molecule is Cc1ccc(-c2c(C)ccc[n+]2C)c(C)c1.Cc1ccc(C)c(-c2c(C)ccc[n+]2C)c1.Cc1ccc(C)c(-c2c(C)ccc[n+]2C)c1.Cc1cccc(-c2c(C)ccc[n+]2C)c1C.Cc1cccc(-c2c(C)ccc[n+]2C)c1C.Cc1cccc(C)c1-c1c(C)ccc[n+]1C.[2H]C([2H])([2H])c1ccc(-c2c(C)ccc[n+]2C)c(C)c1. The molecule has 7 aromatic heterocycles. The number of aromatic nitrogens is 7. The number of nitrogens with zero attached hydrogens (tertiary/aromatic N) is 7. The van der Waals surface area contributed by atoms with E-state index < -0.39 is 6.85 Å². The molecule has 0 bridgehead atoms. The zero-order valence-electron chi connectivity index (χ0n) is 75.4. The van der Waals surface area contributed by atoms with Gasteiger partial charge in [0.15, 0.2) is 43.4 Å². The second kappa shape index (κ2) is 39.5. The Balaban J connectivity index is 0.000000168. The first-order chi connectivity index (χ1) is 54.4. The monoisotopic (exact) mass is 1490 g/mol. The number of rotatable bonds is 7. The van der Waals surface area contributed by atoms with Crippen molar-refractivity contribution in [1.29, 1.82) is 0 Å². The van der Waals surface area contributed by atoms with Crippen LogP contribution in [0.5, 0.6) is 0 Å². The Bertz CT molecular complexity index is 5250. The van der Waals surface area contributed by atoms with Crippen LogP contribution in [0.3, 0.4) is 0 Å². The molecule has 0 radical (unpaired) electrons. The van der Waals surface area contributed by atoms with E-state index in [1.807, 2.05) is 32.3 Å². The van der Waals surface area contributed by atoms with E-state index >= 15 is 0 Å². The molecule has 0 N–H and O–H groups in total. The van der Waals surface area contributed by atoms with Gasteiger partial charge in [-0.05, 0) is 280 Å². The molecule has 574 valence electrons. The van der Waals surface area contributed by atoms with Gasteiger partial charge >= 0.3 is 0 Å². The summed E-state index contributed by atoms with van der Waals surface area (Å²) < 4.78 is 37.6. The fraction of sp³-hybridized carbons (Fsp3) is 0.267. The summed E-state index contributed by atoms with van der Waals surface area (Å²) in [6, 6.07) is 74.2. The van der Waals surface area contributed by atoms with Crippen LogP contribution in [-0.2, 0) is 49.3 Å². The lowest BCUT2D eigenvalue weighted by atomic mass is 9.97. The highest BCUT2D eigenvalue weighted by Crippen LogP contribution is 2.32. The van der Waals surface area contributed by atoms with Crippen LogP contribution in [0.4, 0.5) is 0 Å². The van der Waals surface area contributed by atoms with Crippen LogP contribution in [0, 0.1) is 145 Å². The summed E-state index contributed by atoms with van der Waals surface area (Å²) in [4.78, 5) is 0. The van der Waals surface area contributed by atoms with Crippen LogP contribution in [-0.4, -0.2) is 0 Å². The number of hydrogen-bond acceptors (Lipinski definition) is 0. The molecule has 0 aliphatic rings. The van der Waals surface area contributed by atoms with E-state index in [4.69, 9.17) is 4.11 Å². The Kier molecular flexibility index (Phi) is 28.8. The topological polar surface area (TPSA) is 27.2 Å². The van der Waals surface area contributed by atoms with Crippen molar-refractivity contribution in [3.8, 4) is 78.8 Å². The third-order valence-electron chi connectivity index (χ3n) is 21.5. The largest absolute Gasteiger partial charge is 0.215 e. The first kappa shape index (κ1) is 81.6. The van der Waals surface area contributed by atoms with Gasteiger partial charge in [-0.15, -0.1) is 0 Å². The Hall–Kier alpha value is -11.4. The van der Waals surface area contributed by atoms with Crippen molar-refractivity contribution >= 4 is 0 Å². The Morgan fingerprint density at radius 2 is 0.411 bits per heavy atom. The maximum Gasteiger partial charge on any atom is 0.215 e. The van der Waals surface area contributed by atoms with Crippen molar-refractivity contribution in [3.63, 3.8) is 0 Å². The lowest BCUT2D eigenvalue weighted by Gasteiger charge is -2.09. The molecule has 0 saturated carbocycles. The number of pyridine rings is 7. The maximum absolute atomic E-state index is 7.46. The summed E-state index contributed by atoms with van der Waals surface area (Å²) in [5, 5.41) is 0. The van der Waals surface area contributed by atoms with Crippen LogP contribution >= 0.6 is 0 Å². The lowest BCUT2D eigenvalue weighted by molar-refractivity contribution is -0.660. The van der Waals surface area contributed by atoms with Crippen molar-refractivity contribution in [3.05, 3.63) is 373 Å². The van der Waals surface area contributed by atoms with Gasteiger partial charge in [0.25, 0.3) is 0 Å². The van der Waals surface area contributed by atoms with Gasteiger partial charge in [-0.1, -0.05) is 113 Å². The van der Waals surface area contributed by atoms with E-state index in [1.54, 1.807) is 12.1 Å². The number of benzene rings is 7. The zero-order valence-corrected chi connectivity index (χ0v) is 72.4. The van der Waals surface area contributed by atoms with E-state index in [1.165, 1.54) is 173 Å². The second-order valence-electron chi connectivity index (χ2n) is 30.8. The highest BCUT2D eigenvalue weighted by atomic mass is 15.0.